The van der Waals surface area contributed by atoms with Gasteiger partial charge in [0.15, 0.2) is 0 Å². The molecule has 0 aromatic carbocycles. The monoisotopic (exact) mass is 498 g/mol. The number of aliphatic carboxylic acids is 1. The van der Waals surface area contributed by atoms with Crippen LogP contribution in [-0.4, -0.2) is 23.1 Å². The van der Waals surface area contributed by atoms with Crippen LogP contribution in [0.2, 0.25) is 0 Å². The second kappa shape index (κ2) is 9.31. The van der Waals surface area contributed by atoms with Gasteiger partial charge in [-0.3, -0.25) is 4.79 Å². The molecule has 0 spiro atoms. The highest BCUT2D eigenvalue weighted by Gasteiger charge is 2.63. The minimum atomic E-state index is -0.802. The number of esters is 1. The number of hydrogen-bond donors (Lipinski definition) is 1. The maximum atomic E-state index is 11.8. The van der Waals surface area contributed by atoms with Crippen LogP contribution >= 0.6 is 0 Å². The number of carboxylic acid groups (broad SMARTS) is 1. The van der Waals surface area contributed by atoms with E-state index in [0.717, 1.165) is 25.7 Å². The summed E-state index contributed by atoms with van der Waals surface area (Å²) in [5.74, 6) is 0.894. The average molecular weight is 499 g/mol. The van der Waals surface area contributed by atoms with E-state index in [0.29, 0.717) is 28.7 Å². The zero-order valence-electron chi connectivity index (χ0n) is 24.1. The first kappa shape index (κ1) is 27.5. The highest BCUT2D eigenvalue weighted by Crippen LogP contribution is 2.72. The minimum Gasteiger partial charge on any atom is -0.478 e. The molecule has 1 N–H and O–H groups in total. The van der Waals surface area contributed by atoms with Crippen molar-refractivity contribution in [1.29, 1.82) is 0 Å². The third kappa shape index (κ3) is 4.09. The van der Waals surface area contributed by atoms with Crippen LogP contribution < -0.4 is 0 Å². The SMILES string of the molecule is CC(=O)OC1CC[C@]2(C)C3=C(CC[C@H]2C1(C)C)[C@@]1(C)CC[C@@H]([C@@H](C)CC/C=C(/C)C(=O)O)[C@]1(C)CC3. The Morgan fingerprint density at radius 3 is 2.33 bits per heavy atom. The van der Waals surface area contributed by atoms with Gasteiger partial charge >= 0.3 is 11.9 Å². The van der Waals surface area contributed by atoms with E-state index in [9.17, 15) is 14.7 Å². The van der Waals surface area contributed by atoms with Gasteiger partial charge in [-0.2, -0.15) is 0 Å². The van der Waals surface area contributed by atoms with Crippen LogP contribution in [0.1, 0.15) is 120 Å². The Morgan fingerprint density at radius 2 is 1.69 bits per heavy atom. The summed E-state index contributed by atoms with van der Waals surface area (Å²) in [6.45, 7) is 18.1. The van der Waals surface area contributed by atoms with E-state index in [1.165, 1.54) is 38.5 Å². The zero-order valence-corrected chi connectivity index (χ0v) is 24.1. The molecule has 1 unspecified atom stereocenters. The van der Waals surface area contributed by atoms with Crippen LogP contribution in [0, 0.1) is 39.4 Å². The van der Waals surface area contributed by atoms with Crippen LogP contribution in [0.4, 0.5) is 0 Å². The number of allylic oxidation sites excluding steroid dienone is 3. The van der Waals surface area contributed by atoms with Crippen molar-refractivity contribution in [3.05, 3.63) is 22.8 Å². The van der Waals surface area contributed by atoms with Gasteiger partial charge in [0, 0.05) is 17.9 Å². The fourth-order valence-electron chi connectivity index (χ4n) is 9.88. The second-order valence-electron chi connectivity index (χ2n) is 14.1. The van der Waals surface area contributed by atoms with Crippen LogP contribution in [0.25, 0.3) is 0 Å². The van der Waals surface area contributed by atoms with Gasteiger partial charge in [0.1, 0.15) is 6.10 Å². The molecular weight excluding hydrogens is 448 g/mol. The summed E-state index contributed by atoms with van der Waals surface area (Å²) in [7, 11) is 0. The third-order valence-electron chi connectivity index (χ3n) is 12.2. The predicted molar refractivity (Wildman–Crippen MR) is 144 cm³/mol. The van der Waals surface area contributed by atoms with Gasteiger partial charge in [-0.05, 0) is 105 Å². The molecule has 0 aromatic heterocycles. The average Bonchev–Trinajstić information content (AvgIpc) is 3.07. The lowest BCUT2D eigenvalue weighted by molar-refractivity contribution is -0.167. The number of hydrogen-bond acceptors (Lipinski definition) is 3. The van der Waals surface area contributed by atoms with Crippen molar-refractivity contribution in [2.24, 2.45) is 39.4 Å². The van der Waals surface area contributed by atoms with E-state index in [4.69, 9.17) is 4.74 Å². The maximum absolute atomic E-state index is 11.8. The topological polar surface area (TPSA) is 63.6 Å². The molecule has 2 saturated carbocycles. The van der Waals surface area contributed by atoms with E-state index >= 15 is 0 Å². The molecule has 2 fully saturated rings. The van der Waals surface area contributed by atoms with Crippen molar-refractivity contribution in [3.63, 3.8) is 0 Å². The Balaban J connectivity index is 1.59. The fourth-order valence-corrected chi connectivity index (χ4v) is 9.88. The fraction of sp³-hybridized carbons (Fsp3) is 0.812. The molecule has 4 heteroatoms. The summed E-state index contributed by atoms with van der Waals surface area (Å²) in [6, 6.07) is 0. The van der Waals surface area contributed by atoms with E-state index < -0.39 is 5.97 Å². The van der Waals surface area contributed by atoms with Crippen LogP contribution in [0.15, 0.2) is 22.8 Å². The van der Waals surface area contributed by atoms with Crippen LogP contribution in [0.3, 0.4) is 0 Å². The van der Waals surface area contributed by atoms with Crippen molar-refractivity contribution in [3.8, 4) is 0 Å². The van der Waals surface area contributed by atoms with Crippen LogP contribution in [0.5, 0.6) is 0 Å². The largest absolute Gasteiger partial charge is 0.478 e. The Morgan fingerprint density at radius 1 is 1.00 bits per heavy atom. The highest BCUT2D eigenvalue weighted by molar-refractivity contribution is 5.85. The molecule has 0 amide bonds. The number of carboxylic acids is 1. The number of carbonyl (C=O) groups is 2. The molecule has 0 radical (unpaired) electrons. The summed E-state index contributed by atoms with van der Waals surface area (Å²) >= 11 is 0. The second-order valence-corrected chi connectivity index (χ2v) is 14.1. The van der Waals surface area contributed by atoms with Gasteiger partial charge in [-0.1, -0.05) is 58.8 Å². The smallest absolute Gasteiger partial charge is 0.330 e. The summed E-state index contributed by atoms with van der Waals surface area (Å²) in [5.41, 5.74) is 4.79. The van der Waals surface area contributed by atoms with Crippen molar-refractivity contribution < 1.29 is 19.4 Å². The van der Waals surface area contributed by atoms with Gasteiger partial charge in [-0.25, -0.2) is 4.79 Å². The number of fused-ring (bicyclic) bond motifs is 4. The van der Waals surface area contributed by atoms with Gasteiger partial charge in [0.25, 0.3) is 0 Å². The third-order valence-corrected chi connectivity index (χ3v) is 12.2. The number of carbonyl (C=O) groups excluding carboxylic acids is 1. The molecule has 4 nitrogen and oxygen atoms in total. The molecule has 36 heavy (non-hydrogen) atoms. The van der Waals surface area contributed by atoms with Crippen molar-refractivity contribution in [1.82, 2.24) is 0 Å². The quantitative estimate of drug-likeness (QED) is 0.228. The normalized spacial score (nSPS) is 40.7. The lowest BCUT2D eigenvalue weighted by atomic mass is 9.43. The molecule has 0 aromatic rings. The van der Waals surface area contributed by atoms with Crippen molar-refractivity contribution in [2.75, 3.05) is 0 Å². The Labute approximate surface area is 219 Å². The first-order chi connectivity index (χ1) is 16.7. The minimum absolute atomic E-state index is 0.00676. The molecule has 202 valence electrons. The van der Waals surface area contributed by atoms with Crippen molar-refractivity contribution >= 4 is 11.9 Å². The maximum Gasteiger partial charge on any atom is 0.330 e. The van der Waals surface area contributed by atoms with E-state index in [2.05, 4.69) is 41.5 Å². The number of ether oxygens (including phenoxy) is 1. The molecule has 4 aliphatic carbocycles. The molecule has 4 aliphatic rings. The summed E-state index contributed by atoms with van der Waals surface area (Å²) in [6.07, 6.45) is 13.4. The zero-order chi connectivity index (χ0) is 26.7. The van der Waals surface area contributed by atoms with Crippen molar-refractivity contribution in [2.45, 2.75) is 126 Å². The lowest BCUT2D eigenvalue weighted by Crippen LogP contribution is -2.55. The van der Waals surface area contributed by atoms with E-state index in [1.807, 2.05) is 6.08 Å². The first-order valence-electron chi connectivity index (χ1n) is 14.5. The Bertz CT molecular complexity index is 973. The molecule has 4 rings (SSSR count). The molecule has 0 saturated heterocycles. The standard InChI is InChI=1S/C32H50O4/c1-20(10-9-11-21(2)28(34)35)23-14-18-32(8)25-12-13-26-29(4,5)27(36-22(3)33)16-17-30(26,6)24(25)15-19-31(23,32)7/h11,20,23,26-27H,9-10,12-19H2,1-8H3,(H,34,35)/b21-11-/t20-,23-,26-,27?,30+,31-,32+/m0/s1. The molecule has 0 aliphatic heterocycles. The highest BCUT2D eigenvalue weighted by atomic mass is 16.5. The molecule has 0 heterocycles. The van der Waals surface area contributed by atoms with Crippen LogP contribution in [-0.2, 0) is 14.3 Å². The van der Waals surface area contributed by atoms with Gasteiger partial charge in [0.05, 0.1) is 0 Å². The predicted octanol–water partition coefficient (Wildman–Crippen LogP) is 8.11. The summed E-state index contributed by atoms with van der Waals surface area (Å²) in [4.78, 5) is 23.0. The van der Waals surface area contributed by atoms with Gasteiger partial charge in [0.2, 0.25) is 0 Å². The molecular formula is C32H50O4. The first-order valence-corrected chi connectivity index (χ1v) is 14.5. The molecule has 0 bridgehead atoms. The summed E-state index contributed by atoms with van der Waals surface area (Å²) < 4.78 is 5.85. The van der Waals surface area contributed by atoms with E-state index in [-0.39, 0.29) is 28.3 Å². The molecule has 7 atom stereocenters. The van der Waals surface area contributed by atoms with Gasteiger partial charge < -0.3 is 9.84 Å². The van der Waals surface area contributed by atoms with E-state index in [1.54, 1.807) is 25.0 Å². The Kier molecular flexibility index (Phi) is 7.10. The summed E-state index contributed by atoms with van der Waals surface area (Å²) in [5, 5.41) is 9.19. The Hall–Kier alpha value is -1.58. The van der Waals surface area contributed by atoms with Gasteiger partial charge in [-0.15, -0.1) is 0 Å². The lowest BCUT2D eigenvalue weighted by Gasteiger charge is -2.62. The number of rotatable bonds is 6.